The SMILES string of the molecule is COc1ccc2c(c1)c1ccccc1c1cc3c(cc21)C1(c2ccccc2-c2ccccc21)c1cc(-c2nc(-c4ccccc4)nc(-c4ccccc4)n2)ccc1-3. The average molecular weight is 728 g/mol. The van der Waals surface area contributed by atoms with Crippen molar-refractivity contribution in [3.05, 3.63) is 204 Å². The number of aromatic nitrogens is 3. The fourth-order valence-corrected chi connectivity index (χ4v) is 9.77. The molecule has 2 aliphatic rings. The van der Waals surface area contributed by atoms with Crippen LogP contribution in [0.3, 0.4) is 0 Å². The van der Waals surface area contributed by atoms with E-state index < -0.39 is 5.41 Å². The first-order chi connectivity index (χ1) is 28.2. The van der Waals surface area contributed by atoms with Crippen LogP contribution < -0.4 is 4.74 Å². The van der Waals surface area contributed by atoms with Crippen molar-refractivity contribution in [2.45, 2.75) is 5.41 Å². The third-order valence-corrected chi connectivity index (χ3v) is 12.2. The number of nitrogens with zero attached hydrogens (tertiary/aromatic N) is 3. The zero-order chi connectivity index (χ0) is 37.7. The molecular weight excluding hydrogens is 695 g/mol. The summed E-state index contributed by atoms with van der Waals surface area (Å²) in [4.78, 5) is 15.3. The second kappa shape index (κ2) is 12.0. The molecule has 0 amide bonds. The van der Waals surface area contributed by atoms with Crippen LogP contribution >= 0.6 is 0 Å². The molecule has 1 aromatic heterocycles. The van der Waals surface area contributed by atoms with Gasteiger partial charge in [0.1, 0.15) is 5.75 Å². The molecule has 266 valence electrons. The summed E-state index contributed by atoms with van der Waals surface area (Å²) in [5.74, 6) is 2.80. The van der Waals surface area contributed by atoms with Crippen LogP contribution in [0, 0.1) is 0 Å². The maximum Gasteiger partial charge on any atom is 0.164 e. The number of methoxy groups -OCH3 is 1. The lowest BCUT2D eigenvalue weighted by Gasteiger charge is -2.31. The Morgan fingerprint density at radius 3 is 1.42 bits per heavy atom. The maximum absolute atomic E-state index is 5.75. The lowest BCUT2D eigenvalue weighted by molar-refractivity contribution is 0.415. The monoisotopic (exact) mass is 727 g/mol. The van der Waals surface area contributed by atoms with E-state index >= 15 is 0 Å². The molecule has 0 saturated carbocycles. The summed E-state index contributed by atoms with van der Waals surface area (Å²) in [6.45, 7) is 0. The minimum atomic E-state index is -0.565. The van der Waals surface area contributed by atoms with E-state index in [-0.39, 0.29) is 0 Å². The van der Waals surface area contributed by atoms with Crippen LogP contribution in [0.1, 0.15) is 22.3 Å². The Kier molecular flexibility index (Phi) is 6.73. The first kappa shape index (κ1) is 31.9. The molecule has 57 heavy (non-hydrogen) atoms. The van der Waals surface area contributed by atoms with Crippen molar-refractivity contribution < 1.29 is 4.74 Å². The second-order valence-corrected chi connectivity index (χ2v) is 15.0. The summed E-state index contributed by atoms with van der Waals surface area (Å²) < 4.78 is 5.75. The zero-order valence-corrected chi connectivity index (χ0v) is 31.1. The van der Waals surface area contributed by atoms with Crippen LogP contribution in [0.2, 0.25) is 0 Å². The topological polar surface area (TPSA) is 47.9 Å². The number of rotatable bonds is 4. The number of fused-ring (bicyclic) bond motifs is 16. The average Bonchev–Trinajstić information content (AvgIpc) is 3.75. The fraction of sp³-hybridized carbons (Fsp3) is 0.0377. The summed E-state index contributed by atoms with van der Waals surface area (Å²) in [6, 6.07) is 65.4. The molecule has 0 aliphatic heterocycles. The van der Waals surface area contributed by atoms with Gasteiger partial charge in [-0.15, -0.1) is 0 Å². The molecule has 0 bridgehead atoms. The predicted octanol–water partition coefficient (Wildman–Crippen LogP) is 12.7. The highest BCUT2D eigenvalue weighted by atomic mass is 16.5. The zero-order valence-electron chi connectivity index (χ0n) is 31.1. The van der Waals surface area contributed by atoms with Gasteiger partial charge in [0, 0.05) is 16.7 Å². The van der Waals surface area contributed by atoms with Gasteiger partial charge in [0.2, 0.25) is 0 Å². The van der Waals surface area contributed by atoms with E-state index in [0.717, 1.165) is 22.4 Å². The molecule has 0 radical (unpaired) electrons. The molecule has 0 atom stereocenters. The third kappa shape index (κ3) is 4.47. The van der Waals surface area contributed by atoms with Crippen molar-refractivity contribution >= 4 is 32.3 Å². The van der Waals surface area contributed by atoms with Crippen LogP contribution in [-0.4, -0.2) is 22.1 Å². The van der Waals surface area contributed by atoms with Crippen molar-refractivity contribution in [2.24, 2.45) is 0 Å². The molecule has 0 saturated heterocycles. The Hall–Kier alpha value is -7.43. The molecule has 2 aliphatic carbocycles. The first-order valence-electron chi connectivity index (χ1n) is 19.4. The normalized spacial score (nSPS) is 13.1. The van der Waals surface area contributed by atoms with Gasteiger partial charge in [-0.2, -0.15) is 0 Å². The number of ether oxygens (including phenoxy) is 1. The highest BCUT2D eigenvalue weighted by Gasteiger charge is 2.52. The van der Waals surface area contributed by atoms with Gasteiger partial charge in [-0.25, -0.2) is 15.0 Å². The van der Waals surface area contributed by atoms with Crippen LogP contribution in [0.15, 0.2) is 182 Å². The predicted molar refractivity (Wildman–Crippen MR) is 232 cm³/mol. The van der Waals surface area contributed by atoms with Crippen molar-refractivity contribution in [1.29, 1.82) is 0 Å². The molecule has 12 rings (SSSR count). The molecule has 10 aromatic rings. The standard InChI is InChI=1S/C53H33N3O/c1-57-35-25-27-38-42(29-35)36-18-8-9-19-37(36)43-30-45-41-26-24-34(52-55-50(32-14-4-2-5-15-32)54-51(56-52)33-16-6-3-7-17-33)28-48(41)53(49(45)31-44(38)43)46-22-12-10-20-39(46)40-21-11-13-23-47(40)53/h2-31H,1H3. The summed E-state index contributed by atoms with van der Waals surface area (Å²) in [5.41, 5.74) is 12.4. The van der Waals surface area contributed by atoms with E-state index in [1.54, 1.807) is 7.11 Å². The molecule has 0 N–H and O–H groups in total. The maximum atomic E-state index is 5.75. The summed E-state index contributed by atoms with van der Waals surface area (Å²) >= 11 is 0. The van der Waals surface area contributed by atoms with Crippen molar-refractivity contribution in [1.82, 2.24) is 15.0 Å². The minimum absolute atomic E-state index is 0.565. The van der Waals surface area contributed by atoms with Gasteiger partial charge < -0.3 is 4.74 Å². The van der Waals surface area contributed by atoms with Crippen LogP contribution in [-0.2, 0) is 5.41 Å². The Balaban J connectivity index is 1.18. The Labute approximate surface area is 329 Å². The lowest BCUT2D eigenvalue weighted by Crippen LogP contribution is -2.26. The van der Waals surface area contributed by atoms with E-state index in [4.69, 9.17) is 19.7 Å². The Bertz CT molecular complexity index is 3180. The molecule has 0 unspecified atom stereocenters. The smallest absolute Gasteiger partial charge is 0.164 e. The molecule has 9 aromatic carbocycles. The number of benzene rings is 9. The third-order valence-electron chi connectivity index (χ3n) is 12.2. The van der Waals surface area contributed by atoms with Gasteiger partial charge in [-0.05, 0) is 107 Å². The van der Waals surface area contributed by atoms with Crippen LogP contribution in [0.5, 0.6) is 5.75 Å². The molecule has 4 heteroatoms. The minimum Gasteiger partial charge on any atom is -0.497 e. The van der Waals surface area contributed by atoms with E-state index in [2.05, 4.69) is 146 Å². The summed E-state index contributed by atoms with van der Waals surface area (Å²) in [5, 5.41) is 7.33. The van der Waals surface area contributed by atoms with Crippen molar-refractivity contribution in [3.63, 3.8) is 0 Å². The van der Waals surface area contributed by atoms with E-state index in [0.29, 0.717) is 17.5 Å². The highest BCUT2D eigenvalue weighted by molar-refractivity contribution is 6.26. The fourth-order valence-electron chi connectivity index (χ4n) is 9.77. The van der Waals surface area contributed by atoms with Gasteiger partial charge >= 0.3 is 0 Å². The van der Waals surface area contributed by atoms with Crippen LogP contribution in [0.25, 0.3) is 88.7 Å². The molecule has 4 nitrogen and oxygen atoms in total. The molecule has 0 fully saturated rings. The molecule has 1 heterocycles. The van der Waals surface area contributed by atoms with E-state index in [9.17, 15) is 0 Å². The highest BCUT2D eigenvalue weighted by Crippen LogP contribution is 2.64. The van der Waals surface area contributed by atoms with E-state index in [1.807, 2.05) is 36.4 Å². The summed E-state index contributed by atoms with van der Waals surface area (Å²) in [7, 11) is 1.74. The van der Waals surface area contributed by atoms with Crippen LogP contribution in [0.4, 0.5) is 0 Å². The van der Waals surface area contributed by atoms with Gasteiger partial charge in [-0.1, -0.05) is 152 Å². The first-order valence-corrected chi connectivity index (χ1v) is 19.4. The lowest BCUT2D eigenvalue weighted by atomic mass is 9.70. The largest absolute Gasteiger partial charge is 0.497 e. The Morgan fingerprint density at radius 1 is 0.333 bits per heavy atom. The Morgan fingerprint density at radius 2 is 0.807 bits per heavy atom. The molecular formula is C53H33N3O. The van der Waals surface area contributed by atoms with Gasteiger partial charge in [0.05, 0.1) is 12.5 Å². The van der Waals surface area contributed by atoms with Crippen molar-refractivity contribution in [3.8, 4) is 62.2 Å². The number of hydrogen-bond acceptors (Lipinski definition) is 4. The number of hydrogen-bond donors (Lipinski definition) is 0. The summed E-state index contributed by atoms with van der Waals surface area (Å²) in [6.07, 6.45) is 0. The van der Waals surface area contributed by atoms with Crippen molar-refractivity contribution in [2.75, 3.05) is 7.11 Å². The molecule has 1 spiro atoms. The van der Waals surface area contributed by atoms with E-state index in [1.165, 1.54) is 76.8 Å². The van der Waals surface area contributed by atoms with Gasteiger partial charge in [0.25, 0.3) is 0 Å². The second-order valence-electron chi connectivity index (χ2n) is 15.0. The van der Waals surface area contributed by atoms with Gasteiger partial charge in [-0.3, -0.25) is 0 Å². The quantitative estimate of drug-likeness (QED) is 0.169. The van der Waals surface area contributed by atoms with Gasteiger partial charge in [0.15, 0.2) is 17.5 Å².